The zero-order valence-corrected chi connectivity index (χ0v) is 26.7. The molecule has 8 atom stereocenters. The van der Waals surface area contributed by atoms with Gasteiger partial charge in [-0.25, -0.2) is 0 Å². The Morgan fingerprint density at radius 2 is 0.944 bits per heavy atom. The quantitative estimate of drug-likeness (QED) is 0.221. The van der Waals surface area contributed by atoms with Gasteiger partial charge in [0, 0.05) is 0 Å². The zero-order valence-electron chi connectivity index (χ0n) is 24.7. The number of hydrogen-bond acceptors (Lipinski definition) is 6. The van der Waals surface area contributed by atoms with Gasteiger partial charge in [0.05, 0.1) is 49.8 Å². The van der Waals surface area contributed by atoms with Crippen LogP contribution in [0.15, 0.2) is 0 Å². The van der Waals surface area contributed by atoms with Crippen LogP contribution in [0.1, 0.15) is 80.1 Å². The van der Waals surface area contributed by atoms with E-state index >= 15 is 0 Å². The van der Waals surface area contributed by atoms with Crippen molar-refractivity contribution in [2.24, 2.45) is 0 Å². The van der Waals surface area contributed by atoms with Crippen molar-refractivity contribution in [1.29, 1.82) is 0 Å². The molecule has 4 aliphatic rings. The second kappa shape index (κ2) is 10.6. The van der Waals surface area contributed by atoms with Gasteiger partial charge in [-0.1, -0.05) is 41.5 Å². The molecule has 4 heterocycles. The first-order chi connectivity index (χ1) is 16.6. The monoisotopic (exact) mass is 542 g/mol. The number of ether oxygens (including phenoxy) is 4. The van der Waals surface area contributed by atoms with Crippen LogP contribution in [-0.2, 0) is 27.8 Å². The number of hydrogen-bond donors (Lipinski definition) is 0. The van der Waals surface area contributed by atoms with Crippen molar-refractivity contribution in [2.75, 3.05) is 13.2 Å². The lowest BCUT2D eigenvalue weighted by atomic mass is 9.99. The van der Waals surface area contributed by atoms with Gasteiger partial charge < -0.3 is 27.8 Å². The third-order valence-corrected chi connectivity index (χ3v) is 18.8. The smallest absolute Gasteiger partial charge is 0.192 e. The fourth-order valence-corrected chi connectivity index (χ4v) is 7.85. The standard InChI is InChI=1S/C28H54O6Si2/c1-27(2,3)35(7,8)33-23(19-11-13-21(31-19)25-17-29-25)15-16-24(34-36(9,10)28(4,5)6)20-12-14-22(32-20)26-18-30-26/h19-26H,11-18H2,1-10H3/t19-,20+,21+,22-,23-,24+,25-,26-/m1/s1. The molecule has 36 heavy (non-hydrogen) atoms. The predicted molar refractivity (Wildman–Crippen MR) is 149 cm³/mol. The van der Waals surface area contributed by atoms with Crippen LogP contribution in [0.25, 0.3) is 0 Å². The second-order valence-electron chi connectivity index (χ2n) is 14.7. The van der Waals surface area contributed by atoms with E-state index in [1.807, 2.05) is 0 Å². The normalized spacial score (nSPS) is 35.2. The molecule has 0 aromatic heterocycles. The van der Waals surface area contributed by atoms with Crippen LogP contribution in [0, 0.1) is 0 Å². The van der Waals surface area contributed by atoms with E-state index in [2.05, 4.69) is 67.7 Å². The molecule has 4 aliphatic heterocycles. The SMILES string of the molecule is CC(C)(C)[Si](C)(C)O[C@@H](CC[C@@H](O[Si](C)(C)C(C)(C)C)[C@H]1CC[C@@H]([C@H]2CO2)O1)[C@@H]1CC[C@H]([C@H]2CO2)O1. The van der Waals surface area contributed by atoms with Crippen LogP contribution in [-0.4, -0.2) is 78.7 Å². The molecular formula is C28H54O6Si2. The van der Waals surface area contributed by atoms with E-state index in [0.29, 0.717) is 12.2 Å². The van der Waals surface area contributed by atoms with Crippen LogP contribution >= 0.6 is 0 Å². The Bertz CT molecular complexity index is 675. The first-order valence-corrected chi connectivity index (χ1v) is 20.3. The van der Waals surface area contributed by atoms with E-state index in [-0.39, 0.29) is 46.7 Å². The summed E-state index contributed by atoms with van der Waals surface area (Å²) in [6.45, 7) is 25.1. The number of rotatable bonds is 11. The molecule has 0 unspecified atom stereocenters. The highest BCUT2D eigenvalue weighted by Gasteiger charge is 2.48. The molecule has 0 bridgehead atoms. The van der Waals surface area contributed by atoms with E-state index in [0.717, 1.165) is 51.7 Å². The molecule has 0 aromatic rings. The topological polar surface area (TPSA) is 62.0 Å². The van der Waals surface area contributed by atoms with Crippen LogP contribution in [0.5, 0.6) is 0 Å². The summed E-state index contributed by atoms with van der Waals surface area (Å²) in [6, 6.07) is 0. The number of epoxide rings is 2. The van der Waals surface area contributed by atoms with Crippen molar-refractivity contribution in [1.82, 2.24) is 0 Å². The predicted octanol–water partition coefficient (Wildman–Crippen LogP) is 6.44. The Hall–Kier alpha value is 0.194. The molecule has 4 rings (SSSR count). The molecule has 210 valence electrons. The van der Waals surface area contributed by atoms with E-state index in [1.165, 1.54) is 0 Å². The van der Waals surface area contributed by atoms with Crippen LogP contribution in [0.3, 0.4) is 0 Å². The van der Waals surface area contributed by atoms with Gasteiger partial charge in [0.15, 0.2) is 16.6 Å². The minimum atomic E-state index is -1.96. The second-order valence-corrected chi connectivity index (χ2v) is 24.2. The Morgan fingerprint density at radius 1 is 0.611 bits per heavy atom. The maximum atomic E-state index is 7.08. The highest BCUT2D eigenvalue weighted by Crippen LogP contribution is 2.43. The van der Waals surface area contributed by atoms with Gasteiger partial charge in [0.1, 0.15) is 12.2 Å². The van der Waals surface area contributed by atoms with Crippen LogP contribution < -0.4 is 0 Å². The average molecular weight is 543 g/mol. The van der Waals surface area contributed by atoms with Crippen molar-refractivity contribution >= 4 is 16.6 Å². The van der Waals surface area contributed by atoms with Gasteiger partial charge in [-0.2, -0.15) is 0 Å². The third-order valence-electron chi connectivity index (χ3n) is 9.79. The lowest BCUT2D eigenvalue weighted by Gasteiger charge is -2.43. The molecule has 0 saturated carbocycles. The molecule has 8 heteroatoms. The summed E-state index contributed by atoms with van der Waals surface area (Å²) in [5.74, 6) is 0. The Morgan fingerprint density at radius 3 is 1.22 bits per heavy atom. The lowest BCUT2D eigenvalue weighted by Crippen LogP contribution is -2.49. The highest BCUT2D eigenvalue weighted by atomic mass is 28.4. The molecule has 0 aliphatic carbocycles. The summed E-state index contributed by atoms with van der Waals surface area (Å²) in [6.07, 6.45) is 7.66. The van der Waals surface area contributed by atoms with Crippen molar-refractivity contribution in [3.05, 3.63) is 0 Å². The van der Waals surface area contributed by atoms with Crippen molar-refractivity contribution in [3.8, 4) is 0 Å². The molecule has 6 nitrogen and oxygen atoms in total. The molecule has 0 spiro atoms. The summed E-state index contributed by atoms with van der Waals surface area (Å²) in [4.78, 5) is 0. The fourth-order valence-electron chi connectivity index (χ4n) is 5.09. The van der Waals surface area contributed by atoms with Crippen LogP contribution in [0.4, 0.5) is 0 Å². The van der Waals surface area contributed by atoms with Crippen molar-refractivity contribution < 1.29 is 27.8 Å². The fraction of sp³-hybridized carbons (Fsp3) is 1.00. The summed E-state index contributed by atoms with van der Waals surface area (Å²) >= 11 is 0. The third kappa shape index (κ3) is 7.03. The highest BCUT2D eigenvalue weighted by molar-refractivity contribution is 6.74. The van der Waals surface area contributed by atoms with Gasteiger partial charge in [0.2, 0.25) is 0 Å². The summed E-state index contributed by atoms with van der Waals surface area (Å²) < 4.78 is 38.4. The molecular weight excluding hydrogens is 488 g/mol. The Kier molecular flexibility index (Phi) is 8.62. The van der Waals surface area contributed by atoms with E-state index < -0.39 is 16.6 Å². The summed E-state index contributed by atoms with van der Waals surface area (Å²) in [5.41, 5.74) is 0. The summed E-state index contributed by atoms with van der Waals surface area (Å²) in [7, 11) is -3.92. The van der Waals surface area contributed by atoms with Crippen LogP contribution in [0.2, 0.25) is 36.3 Å². The maximum absolute atomic E-state index is 7.08. The summed E-state index contributed by atoms with van der Waals surface area (Å²) in [5, 5.41) is 0.317. The van der Waals surface area contributed by atoms with Gasteiger partial charge in [0.25, 0.3) is 0 Å². The van der Waals surface area contributed by atoms with E-state index in [9.17, 15) is 0 Å². The first kappa shape index (κ1) is 29.2. The van der Waals surface area contributed by atoms with Crippen molar-refractivity contribution in [2.45, 2.75) is 165 Å². The minimum Gasteiger partial charge on any atom is -0.411 e. The minimum absolute atomic E-state index is 0.0872. The lowest BCUT2D eigenvalue weighted by molar-refractivity contribution is -0.0586. The molecule has 0 amide bonds. The van der Waals surface area contributed by atoms with Gasteiger partial charge in [-0.3, -0.25) is 0 Å². The van der Waals surface area contributed by atoms with Gasteiger partial charge >= 0.3 is 0 Å². The molecule has 0 N–H and O–H groups in total. The molecule has 0 aromatic carbocycles. The Labute approximate surface area is 222 Å². The molecule has 0 radical (unpaired) electrons. The molecule has 4 fully saturated rings. The van der Waals surface area contributed by atoms with Gasteiger partial charge in [-0.05, 0) is 74.8 Å². The van der Waals surface area contributed by atoms with Gasteiger partial charge in [-0.15, -0.1) is 0 Å². The average Bonchev–Trinajstić information content (AvgIpc) is 3.68. The molecule has 4 saturated heterocycles. The van der Waals surface area contributed by atoms with Crippen molar-refractivity contribution in [3.63, 3.8) is 0 Å². The van der Waals surface area contributed by atoms with E-state index in [4.69, 9.17) is 27.8 Å². The zero-order chi connectivity index (χ0) is 26.5. The Balaban J connectivity index is 1.48. The first-order valence-electron chi connectivity index (χ1n) is 14.5. The largest absolute Gasteiger partial charge is 0.411 e. The van der Waals surface area contributed by atoms with E-state index in [1.54, 1.807) is 0 Å². The maximum Gasteiger partial charge on any atom is 0.192 e.